The molecule has 0 aromatic carbocycles. The molecule has 3 aliphatic rings. The van der Waals surface area contributed by atoms with Crippen molar-refractivity contribution in [2.24, 2.45) is 0 Å². The molecule has 0 aliphatic carbocycles. The highest BCUT2D eigenvalue weighted by Gasteiger charge is 2.30. The van der Waals surface area contributed by atoms with Crippen molar-refractivity contribution in [3.8, 4) is 0 Å². The van der Waals surface area contributed by atoms with Gasteiger partial charge in [0.05, 0.1) is 6.54 Å². The molecule has 1 atom stereocenters. The molecule has 1 N–H and O–H groups in total. The first kappa shape index (κ1) is 13.3. The first-order valence-corrected chi connectivity index (χ1v) is 7.78. The zero-order valence-electron chi connectivity index (χ0n) is 11.8. The lowest BCUT2D eigenvalue weighted by Crippen LogP contribution is -2.49. The number of nitrogens with zero attached hydrogens (tertiary/aromatic N) is 3. The van der Waals surface area contributed by atoms with Crippen LogP contribution in [-0.4, -0.2) is 85.6 Å². The average molecular weight is 266 g/mol. The summed E-state index contributed by atoms with van der Waals surface area (Å²) in [4.78, 5) is 19.2. The molecule has 108 valence electrons. The van der Waals surface area contributed by atoms with Crippen LogP contribution in [0.2, 0.25) is 0 Å². The molecule has 1 unspecified atom stereocenters. The molecule has 3 fully saturated rings. The largest absolute Gasteiger partial charge is 0.339 e. The Morgan fingerprint density at radius 2 is 1.79 bits per heavy atom. The summed E-state index contributed by atoms with van der Waals surface area (Å²) in [5.41, 5.74) is 0. The van der Waals surface area contributed by atoms with Crippen molar-refractivity contribution in [2.75, 3.05) is 58.9 Å². The zero-order chi connectivity index (χ0) is 13.1. The Bertz CT molecular complexity index is 311. The molecule has 0 spiro atoms. The number of carbonyl (C=O) groups is 1. The van der Waals surface area contributed by atoms with E-state index in [9.17, 15) is 4.79 Å². The molecule has 0 aromatic rings. The molecular formula is C14H26N4O. The van der Waals surface area contributed by atoms with E-state index in [0.29, 0.717) is 18.5 Å². The van der Waals surface area contributed by atoms with Gasteiger partial charge in [0, 0.05) is 45.3 Å². The molecule has 3 rings (SSSR count). The van der Waals surface area contributed by atoms with Crippen molar-refractivity contribution in [1.82, 2.24) is 20.0 Å². The maximum absolute atomic E-state index is 12.2. The van der Waals surface area contributed by atoms with Gasteiger partial charge in [-0.1, -0.05) is 0 Å². The number of hydrogen-bond donors (Lipinski definition) is 1. The Morgan fingerprint density at radius 1 is 1.05 bits per heavy atom. The summed E-state index contributed by atoms with van der Waals surface area (Å²) in [6.07, 6.45) is 3.96. The Morgan fingerprint density at radius 3 is 2.53 bits per heavy atom. The minimum Gasteiger partial charge on any atom is -0.339 e. The van der Waals surface area contributed by atoms with Gasteiger partial charge in [0.15, 0.2) is 0 Å². The zero-order valence-corrected chi connectivity index (χ0v) is 11.8. The van der Waals surface area contributed by atoms with Crippen molar-refractivity contribution >= 4 is 5.91 Å². The van der Waals surface area contributed by atoms with Crippen molar-refractivity contribution in [1.29, 1.82) is 0 Å². The number of nitrogens with one attached hydrogen (secondary N) is 1. The lowest BCUT2D eigenvalue weighted by molar-refractivity contribution is -0.132. The summed E-state index contributed by atoms with van der Waals surface area (Å²) in [7, 11) is 0. The molecule has 0 radical (unpaired) electrons. The normalized spacial score (nSPS) is 30.1. The van der Waals surface area contributed by atoms with Crippen LogP contribution < -0.4 is 5.32 Å². The fourth-order valence-electron chi connectivity index (χ4n) is 3.57. The third-order valence-electron chi connectivity index (χ3n) is 4.73. The Balaban J connectivity index is 1.44. The van der Waals surface area contributed by atoms with Crippen molar-refractivity contribution in [3.05, 3.63) is 0 Å². The number of rotatable bonds is 3. The van der Waals surface area contributed by atoms with Gasteiger partial charge < -0.3 is 10.2 Å². The summed E-state index contributed by atoms with van der Waals surface area (Å²) in [6.45, 7) is 9.00. The highest BCUT2D eigenvalue weighted by atomic mass is 16.2. The van der Waals surface area contributed by atoms with E-state index >= 15 is 0 Å². The van der Waals surface area contributed by atoms with E-state index < -0.39 is 0 Å². The molecule has 3 heterocycles. The van der Waals surface area contributed by atoms with Crippen LogP contribution >= 0.6 is 0 Å². The predicted octanol–water partition coefficient (Wildman–Crippen LogP) is -0.412. The number of amides is 1. The van der Waals surface area contributed by atoms with Crippen LogP contribution in [0, 0.1) is 0 Å². The van der Waals surface area contributed by atoms with Gasteiger partial charge >= 0.3 is 0 Å². The van der Waals surface area contributed by atoms with Gasteiger partial charge in [0.1, 0.15) is 0 Å². The predicted molar refractivity (Wildman–Crippen MR) is 75.1 cm³/mol. The van der Waals surface area contributed by atoms with E-state index in [-0.39, 0.29) is 0 Å². The third-order valence-corrected chi connectivity index (χ3v) is 4.73. The summed E-state index contributed by atoms with van der Waals surface area (Å²) in [6, 6.07) is 0.707. The van der Waals surface area contributed by atoms with Crippen LogP contribution in [0.15, 0.2) is 0 Å². The Hall–Kier alpha value is -0.650. The van der Waals surface area contributed by atoms with E-state index in [2.05, 4.69) is 15.1 Å². The molecule has 3 aliphatic heterocycles. The highest BCUT2D eigenvalue weighted by molar-refractivity contribution is 5.78. The second kappa shape index (κ2) is 6.20. The van der Waals surface area contributed by atoms with Gasteiger partial charge in [-0.05, 0) is 32.4 Å². The SMILES string of the molecule is O=C(CN1CCC(N2CCCC2)C1)N1CCNCC1. The molecule has 1 amide bonds. The van der Waals surface area contributed by atoms with E-state index in [1.165, 1.54) is 32.4 Å². The number of carbonyl (C=O) groups excluding carboxylic acids is 1. The van der Waals surface area contributed by atoms with Crippen LogP contribution in [0.1, 0.15) is 19.3 Å². The topological polar surface area (TPSA) is 38.8 Å². The van der Waals surface area contributed by atoms with Gasteiger partial charge in [0.25, 0.3) is 0 Å². The summed E-state index contributed by atoms with van der Waals surface area (Å²) >= 11 is 0. The van der Waals surface area contributed by atoms with Crippen molar-refractivity contribution in [2.45, 2.75) is 25.3 Å². The molecule has 0 aromatic heterocycles. The lowest BCUT2D eigenvalue weighted by Gasteiger charge is -2.29. The highest BCUT2D eigenvalue weighted by Crippen LogP contribution is 2.20. The monoisotopic (exact) mass is 266 g/mol. The van der Waals surface area contributed by atoms with E-state index in [1.807, 2.05) is 4.90 Å². The maximum atomic E-state index is 12.2. The quantitative estimate of drug-likeness (QED) is 0.754. The average Bonchev–Trinajstić information content (AvgIpc) is 3.10. The summed E-state index contributed by atoms with van der Waals surface area (Å²) < 4.78 is 0. The molecule has 5 nitrogen and oxygen atoms in total. The molecule has 0 saturated carbocycles. The Kier molecular flexibility index (Phi) is 4.35. The molecule has 5 heteroatoms. The van der Waals surface area contributed by atoms with Crippen LogP contribution in [0.5, 0.6) is 0 Å². The molecule has 0 bridgehead atoms. The van der Waals surface area contributed by atoms with Gasteiger partial charge in [-0.2, -0.15) is 0 Å². The van der Waals surface area contributed by atoms with Crippen molar-refractivity contribution in [3.63, 3.8) is 0 Å². The fraction of sp³-hybridized carbons (Fsp3) is 0.929. The van der Waals surface area contributed by atoms with E-state index in [0.717, 1.165) is 39.3 Å². The summed E-state index contributed by atoms with van der Waals surface area (Å²) in [5, 5.41) is 3.29. The number of likely N-dealkylation sites (tertiary alicyclic amines) is 2. The van der Waals surface area contributed by atoms with Gasteiger partial charge in [-0.25, -0.2) is 0 Å². The number of hydrogen-bond acceptors (Lipinski definition) is 4. The maximum Gasteiger partial charge on any atom is 0.236 e. The van der Waals surface area contributed by atoms with Crippen LogP contribution in [0.3, 0.4) is 0 Å². The smallest absolute Gasteiger partial charge is 0.236 e. The van der Waals surface area contributed by atoms with Gasteiger partial charge in [-0.15, -0.1) is 0 Å². The minimum atomic E-state index is 0.323. The van der Waals surface area contributed by atoms with E-state index in [1.54, 1.807) is 0 Å². The molecule has 19 heavy (non-hydrogen) atoms. The van der Waals surface area contributed by atoms with Gasteiger partial charge in [-0.3, -0.25) is 14.6 Å². The third kappa shape index (κ3) is 3.27. The second-order valence-electron chi connectivity index (χ2n) is 6.05. The van der Waals surface area contributed by atoms with Crippen LogP contribution in [-0.2, 0) is 4.79 Å². The van der Waals surface area contributed by atoms with Crippen LogP contribution in [0.25, 0.3) is 0 Å². The first-order valence-electron chi connectivity index (χ1n) is 7.78. The van der Waals surface area contributed by atoms with Crippen molar-refractivity contribution < 1.29 is 4.79 Å². The van der Waals surface area contributed by atoms with E-state index in [4.69, 9.17) is 0 Å². The second-order valence-corrected chi connectivity index (χ2v) is 6.05. The Labute approximate surface area is 115 Å². The lowest BCUT2D eigenvalue weighted by atomic mass is 10.2. The summed E-state index contributed by atoms with van der Waals surface area (Å²) in [5.74, 6) is 0.323. The molecular weight excluding hydrogens is 240 g/mol. The minimum absolute atomic E-state index is 0.323. The van der Waals surface area contributed by atoms with Crippen LogP contribution in [0.4, 0.5) is 0 Å². The standard InChI is InChI=1S/C14H26N4O/c19-14(18-9-4-15-5-10-18)12-16-8-3-13(11-16)17-6-1-2-7-17/h13,15H,1-12H2. The first-order chi connectivity index (χ1) is 9.33. The fourth-order valence-corrected chi connectivity index (χ4v) is 3.57. The van der Waals surface area contributed by atoms with Gasteiger partial charge in [0.2, 0.25) is 5.91 Å². The molecule has 3 saturated heterocycles. The number of piperazine rings is 1.